The zero-order valence-electron chi connectivity index (χ0n) is 13.2. The fraction of sp³-hybridized carbons (Fsp3) is 0.316. The molecule has 23 heavy (non-hydrogen) atoms. The Morgan fingerprint density at radius 2 is 1.87 bits per heavy atom. The van der Waals surface area contributed by atoms with Crippen molar-refractivity contribution in [1.82, 2.24) is 0 Å². The number of hydrogen-bond donors (Lipinski definition) is 1. The molecule has 0 aliphatic heterocycles. The molecule has 0 spiro atoms. The standard InChI is InChI=1S/C19H21NO3/c1-22-18-9-4-14(11-19(18)23-12-13-2-3-13)10-17(21)15-5-7-16(20)8-6-15/h4-9,11,13H,2-3,10,12,20H2,1H3. The molecule has 0 heterocycles. The minimum atomic E-state index is 0.0586. The van der Waals surface area contributed by atoms with E-state index in [1.165, 1.54) is 12.8 Å². The Hall–Kier alpha value is -2.49. The van der Waals surface area contributed by atoms with Crippen LogP contribution in [0.4, 0.5) is 5.69 Å². The lowest BCUT2D eigenvalue weighted by molar-refractivity contribution is 0.0993. The average Bonchev–Trinajstić information content (AvgIpc) is 3.38. The van der Waals surface area contributed by atoms with Gasteiger partial charge in [0.2, 0.25) is 0 Å². The van der Waals surface area contributed by atoms with Gasteiger partial charge in [0.1, 0.15) is 0 Å². The van der Waals surface area contributed by atoms with Crippen LogP contribution in [0, 0.1) is 5.92 Å². The highest BCUT2D eigenvalue weighted by Gasteiger charge is 2.22. The molecule has 0 atom stereocenters. The fourth-order valence-corrected chi connectivity index (χ4v) is 2.39. The number of nitrogens with two attached hydrogens (primary N) is 1. The Kier molecular flexibility index (Phi) is 4.51. The van der Waals surface area contributed by atoms with Crippen molar-refractivity contribution in [2.75, 3.05) is 19.5 Å². The normalized spacial score (nSPS) is 13.6. The highest BCUT2D eigenvalue weighted by Crippen LogP contribution is 2.33. The Morgan fingerprint density at radius 1 is 1.13 bits per heavy atom. The summed E-state index contributed by atoms with van der Waals surface area (Å²) in [4.78, 5) is 12.4. The summed E-state index contributed by atoms with van der Waals surface area (Å²) in [6.45, 7) is 0.714. The molecule has 4 nitrogen and oxygen atoms in total. The van der Waals surface area contributed by atoms with Crippen LogP contribution >= 0.6 is 0 Å². The second kappa shape index (κ2) is 6.73. The first kappa shape index (κ1) is 15.4. The number of carbonyl (C=O) groups is 1. The smallest absolute Gasteiger partial charge is 0.167 e. The number of benzene rings is 2. The Balaban J connectivity index is 1.72. The molecular formula is C19H21NO3. The molecule has 2 aromatic carbocycles. The van der Waals surface area contributed by atoms with Crippen LogP contribution in [0.25, 0.3) is 0 Å². The van der Waals surface area contributed by atoms with Gasteiger partial charge in [0, 0.05) is 17.7 Å². The topological polar surface area (TPSA) is 61.5 Å². The van der Waals surface area contributed by atoms with Crippen molar-refractivity contribution >= 4 is 11.5 Å². The summed E-state index contributed by atoms with van der Waals surface area (Å²) in [5, 5.41) is 0. The lowest BCUT2D eigenvalue weighted by Gasteiger charge is -2.12. The first-order chi connectivity index (χ1) is 11.2. The molecular weight excluding hydrogens is 290 g/mol. The molecule has 1 aliphatic carbocycles. The average molecular weight is 311 g/mol. The van der Waals surface area contributed by atoms with Crippen LogP contribution in [0.2, 0.25) is 0 Å². The highest BCUT2D eigenvalue weighted by molar-refractivity contribution is 5.97. The zero-order valence-corrected chi connectivity index (χ0v) is 13.2. The molecule has 0 radical (unpaired) electrons. The second-order valence-corrected chi connectivity index (χ2v) is 5.96. The first-order valence-corrected chi connectivity index (χ1v) is 7.84. The van der Waals surface area contributed by atoms with E-state index in [-0.39, 0.29) is 5.78 Å². The summed E-state index contributed by atoms with van der Waals surface area (Å²) >= 11 is 0. The van der Waals surface area contributed by atoms with Crippen molar-refractivity contribution in [1.29, 1.82) is 0 Å². The molecule has 1 aliphatic rings. The summed E-state index contributed by atoms with van der Waals surface area (Å²) in [5.74, 6) is 2.14. The maximum atomic E-state index is 12.4. The molecule has 0 saturated heterocycles. The minimum Gasteiger partial charge on any atom is -0.493 e. The van der Waals surface area contributed by atoms with Crippen molar-refractivity contribution in [2.45, 2.75) is 19.3 Å². The summed E-state index contributed by atoms with van der Waals surface area (Å²) in [7, 11) is 1.62. The number of methoxy groups -OCH3 is 1. The van der Waals surface area contributed by atoms with Gasteiger partial charge in [-0.1, -0.05) is 6.07 Å². The monoisotopic (exact) mass is 311 g/mol. The van der Waals surface area contributed by atoms with Crippen LogP contribution in [0.1, 0.15) is 28.8 Å². The summed E-state index contributed by atoms with van der Waals surface area (Å²) in [6, 6.07) is 12.6. The van der Waals surface area contributed by atoms with Crippen molar-refractivity contribution < 1.29 is 14.3 Å². The van der Waals surface area contributed by atoms with Crippen molar-refractivity contribution in [3.63, 3.8) is 0 Å². The van der Waals surface area contributed by atoms with Crippen LogP contribution in [0.5, 0.6) is 11.5 Å². The summed E-state index contributed by atoms with van der Waals surface area (Å²) in [6.07, 6.45) is 2.79. The Labute approximate surface area is 136 Å². The van der Waals surface area contributed by atoms with E-state index in [1.807, 2.05) is 18.2 Å². The molecule has 120 valence electrons. The van der Waals surface area contributed by atoms with E-state index in [1.54, 1.807) is 31.4 Å². The molecule has 0 bridgehead atoms. The number of anilines is 1. The van der Waals surface area contributed by atoms with E-state index in [0.717, 1.165) is 5.56 Å². The Morgan fingerprint density at radius 3 is 2.52 bits per heavy atom. The molecule has 1 saturated carbocycles. The Bertz CT molecular complexity index is 690. The van der Waals surface area contributed by atoms with Crippen LogP contribution < -0.4 is 15.2 Å². The van der Waals surface area contributed by atoms with Gasteiger partial charge in [-0.2, -0.15) is 0 Å². The molecule has 0 amide bonds. The van der Waals surface area contributed by atoms with E-state index in [4.69, 9.17) is 15.2 Å². The number of nitrogen functional groups attached to an aromatic ring is 1. The van der Waals surface area contributed by atoms with E-state index >= 15 is 0 Å². The quantitative estimate of drug-likeness (QED) is 0.628. The lowest BCUT2D eigenvalue weighted by Crippen LogP contribution is -2.05. The highest BCUT2D eigenvalue weighted by atomic mass is 16.5. The maximum Gasteiger partial charge on any atom is 0.167 e. The second-order valence-electron chi connectivity index (χ2n) is 5.96. The van der Waals surface area contributed by atoms with Gasteiger partial charge in [0.05, 0.1) is 13.7 Å². The van der Waals surface area contributed by atoms with E-state index < -0.39 is 0 Å². The van der Waals surface area contributed by atoms with Crippen LogP contribution in [-0.4, -0.2) is 19.5 Å². The van der Waals surface area contributed by atoms with Crippen molar-refractivity contribution in [2.24, 2.45) is 5.92 Å². The lowest BCUT2D eigenvalue weighted by atomic mass is 10.0. The predicted molar refractivity (Wildman–Crippen MR) is 90.1 cm³/mol. The van der Waals surface area contributed by atoms with Gasteiger partial charge in [-0.3, -0.25) is 4.79 Å². The number of carbonyl (C=O) groups excluding carboxylic acids is 1. The summed E-state index contributed by atoms with van der Waals surface area (Å²) in [5.41, 5.74) is 7.88. The van der Waals surface area contributed by atoms with E-state index in [0.29, 0.717) is 41.7 Å². The van der Waals surface area contributed by atoms with Crippen molar-refractivity contribution in [3.05, 3.63) is 53.6 Å². The number of ether oxygens (including phenoxy) is 2. The van der Waals surface area contributed by atoms with Crippen LogP contribution in [0.15, 0.2) is 42.5 Å². The van der Waals surface area contributed by atoms with Crippen molar-refractivity contribution in [3.8, 4) is 11.5 Å². The minimum absolute atomic E-state index is 0.0586. The number of hydrogen-bond acceptors (Lipinski definition) is 4. The zero-order chi connectivity index (χ0) is 16.2. The molecule has 2 aromatic rings. The molecule has 0 aromatic heterocycles. The van der Waals surface area contributed by atoms with E-state index in [2.05, 4.69) is 0 Å². The molecule has 3 rings (SSSR count). The van der Waals surface area contributed by atoms with Gasteiger partial charge >= 0.3 is 0 Å². The van der Waals surface area contributed by atoms with Gasteiger partial charge in [0.15, 0.2) is 17.3 Å². The number of rotatable bonds is 7. The van der Waals surface area contributed by atoms with Gasteiger partial charge in [0.25, 0.3) is 0 Å². The summed E-state index contributed by atoms with van der Waals surface area (Å²) < 4.78 is 11.2. The molecule has 1 fully saturated rings. The molecule has 4 heteroatoms. The van der Waals surface area contributed by atoms with Gasteiger partial charge < -0.3 is 15.2 Å². The largest absolute Gasteiger partial charge is 0.493 e. The van der Waals surface area contributed by atoms with Crippen LogP contribution in [0.3, 0.4) is 0 Å². The predicted octanol–water partition coefficient (Wildman–Crippen LogP) is 3.49. The van der Waals surface area contributed by atoms with Gasteiger partial charge in [-0.25, -0.2) is 0 Å². The fourth-order valence-electron chi connectivity index (χ4n) is 2.39. The third kappa shape index (κ3) is 4.03. The van der Waals surface area contributed by atoms with Gasteiger partial charge in [-0.05, 0) is 60.7 Å². The van der Waals surface area contributed by atoms with E-state index in [9.17, 15) is 4.79 Å². The third-order valence-electron chi connectivity index (χ3n) is 4.00. The SMILES string of the molecule is COc1ccc(CC(=O)c2ccc(N)cc2)cc1OCC1CC1. The van der Waals surface area contributed by atoms with Crippen LogP contribution in [-0.2, 0) is 6.42 Å². The first-order valence-electron chi connectivity index (χ1n) is 7.84. The molecule has 0 unspecified atom stereocenters. The number of ketones is 1. The van der Waals surface area contributed by atoms with Gasteiger partial charge in [-0.15, -0.1) is 0 Å². The molecule has 2 N–H and O–H groups in total. The maximum absolute atomic E-state index is 12.4. The third-order valence-corrected chi connectivity index (χ3v) is 4.00. The number of Topliss-reactive ketones (excluding diaryl/α,β-unsaturated/α-hetero) is 1.